The predicted molar refractivity (Wildman–Crippen MR) is 113 cm³/mol. The molecule has 9 heteroatoms. The normalized spacial score (nSPS) is 13.5. The molecule has 0 bridgehead atoms. The van der Waals surface area contributed by atoms with E-state index in [0.29, 0.717) is 17.7 Å². The van der Waals surface area contributed by atoms with Crippen LogP contribution in [0.3, 0.4) is 0 Å². The summed E-state index contributed by atoms with van der Waals surface area (Å²) in [6.07, 6.45) is 5.24. The summed E-state index contributed by atoms with van der Waals surface area (Å²) in [6, 6.07) is 15.3. The fourth-order valence-corrected chi connectivity index (χ4v) is 3.56. The van der Waals surface area contributed by atoms with Gasteiger partial charge in [0, 0.05) is 23.7 Å². The van der Waals surface area contributed by atoms with E-state index in [1.54, 1.807) is 41.4 Å². The lowest BCUT2D eigenvalue weighted by Crippen LogP contribution is -2.42. The van der Waals surface area contributed by atoms with E-state index in [0.717, 1.165) is 5.56 Å². The molecule has 3 N–H and O–H groups in total. The number of allylic oxidation sites excluding steroid dienone is 1. The Morgan fingerprint density at radius 2 is 1.73 bits per heavy atom. The molecule has 2 aromatic carbocycles. The fourth-order valence-electron chi connectivity index (χ4n) is 2.72. The lowest BCUT2D eigenvalue weighted by molar-refractivity contribution is -0.118. The van der Waals surface area contributed by atoms with Gasteiger partial charge in [-0.2, -0.15) is 0 Å². The van der Waals surface area contributed by atoms with Crippen molar-refractivity contribution in [1.82, 2.24) is 15.2 Å². The molecule has 30 heavy (non-hydrogen) atoms. The van der Waals surface area contributed by atoms with Gasteiger partial charge >= 0.3 is 0 Å². The molecule has 0 radical (unpaired) electrons. The number of hydrazine groups is 1. The number of carbonyl (C=O) groups excluding carboxylic acids is 2. The van der Waals surface area contributed by atoms with E-state index >= 15 is 0 Å². The van der Waals surface area contributed by atoms with Crippen LogP contribution in [0, 0.1) is 6.92 Å². The van der Waals surface area contributed by atoms with E-state index in [1.807, 2.05) is 25.1 Å². The summed E-state index contributed by atoms with van der Waals surface area (Å²) >= 11 is 0. The number of sulfonamides is 1. The van der Waals surface area contributed by atoms with Gasteiger partial charge in [0.25, 0.3) is 15.9 Å². The van der Waals surface area contributed by atoms with Crippen LogP contribution in [-0.4, -0.2) is 31.7 Å². The molecular weight excluding hydrogens is 404 g/mol. The molecule has 0 atom stereocenters. The lowest BCUT2D eigenvalue weighted by atomic mass is 10.1. The zero-order valence-electron chi connectivity index (χ0n) is 16.3. The average molecular weight is 426 g/mol. The van der Waals surface area contributed by atoms with Crippen molar-refractivity contribution in [2.24, 2.45) is 0 Å². The van der Waals surface area contributed by atoms with E-state index < -0.39 is 15.9 Å². The number of carbonyl (C=O) groups is 2. The summed E-state index contributed by atoms with van der Waals surface area (Å²) in [5.74, 6) is -0.840. The zero-order valence-corrected chi connectivity index (χ0v) is 17.1. The highest BCUT2D eigenvalue weighted by Gasteiger charge is 2.18. The molecule has 2 aromatic rings. The Morgan fingerprint density at radius 3 is 2.43 bits per heavy atom. The molecule has 156 valence electrons. The van der Waals surface area contributed by atoms with Crippen molar-refractivity contribution >= 4 is 27.5 Å². The summed E-state index contributed by atoms with van der Waals surface area (Å²) in [5.41, 5.74) is 4.13. The predicted octanol–water partition coefficient (Wildman–Crippen LogP) is 2.05. The highest BCUT2D eigenvalue weighted by Crippen LogP contribution is 2.13. The molecule has 0 saturated carbocycles. The van der Waals surface area contributed by atoms with Crippen LogP contribution in [0.2, 0.25) is 0 Å². The maximum atomic E-state index is 12.4. The molecule has 1 aliphatic rings. The lowest BCUT2D eigenvalue weighted by Gasteiger charge is -2.21. The van der Waals surface area contributed by atoms with Crippen molar-refractivity contribution in [3.8, 4) is 0 Å². The zero-order chi connectivity index (χ0) is 21.6. The highest BCUT2D eigenvalue weighted by molar-refractivity contribution is 7.89. The summed E-state index contributed by atoms with van der Waals surface area (Å²) < 4.78 is 24.6. The van der Waals surface area contributed by atoms with Crippen molar-refractivity contribution in [1.29, 1.82) is 0 Å². The Bertz CT molecular complexity index is 1080. The minimum absolute atomic E-state index is 0.0112. The molecule has 1 heterocycles. The topological polar surface area (TPSA) is 108 Å². The second-order valence-electron chi connectivity index (χ2n) is 6.70. The minimum atomic E-state index is -3.88. The first-order valence-electron chi connectivity index (χ1n) is 9.20. The fraction of sp³-hybridized carbons (Fsp3) is 0.143. The van der Waals surface area contributed by atoms with Gasteiger partial charge < -0.3 is 10.2 Å². The number of benzene rings is 2. The number of aryl methyl sites for hydroxylation is 1. The van der Waals surface area contributed by atoms with E-state index in [1.165, 1.54) is 18.3 Å². The molecule has 0 fully saturated rings. The van der Waals surface area contributed by atoms with Gasteiger partial charge in [-0.25, -0.2) is 8.42 Å². The molecule has 3 rings (SSSR count). The van der Waals surface area contributed by atoms with Gasteiger partial charge in [-0.3, -0.25) is 15.0 Å². The van der Waals surface area contributed by atoms with Gasteiger partial charge in [-0.1, -0.05) is 42.0 Å². The smallest absolute Gasteiger partial charge is 0.263 e. The monoisotopic (exact) mass is 426 g/mol. The van der Waals surface area contributed by atoms with Gasteiger partial charge in [0.05, 0.1) is 4.90 Å². The quantitative estimate of drug-likeness (QED) is 0.588. The van der Waals surface area contributed by atoms with Crippen LogP contribution in [0.25, 0.3) is 0 Å². The first-order valence-corrected chi connectivity index (χ1v) is 10.7. The summed E-state index contributed by atoms with van der Waals surface area (Å²) in [6.45, 7) is 1.86. The third kappa shape index (κ3) is 5.79. The molecule has 2 amide bonds. The number of para-hydroxylation sites is 1. The minimum Gasteiger partial charge on any atom is -0.345 e. The van der Waals surface area contributed by atoms with Crippen LogP contribution in [0.1, 0.15) is 12.0 Å². The van der Waals surface area contributed by atoms with Gasteiger partial charge in [0.1, 0.15) is 6.54 Å². The molecule has 0 saturated heterocycles. The summed E-state index contributed by atoms with van der Waals surface area (Å²) in [7, 11) is -3.88. The Balaban J connectivity index is 1.57. The Morgan fingerprint density at radius 1 is 1.03 bits per heavy atom. The van der Waals surface area contributed by atoms with Crippen LogP contribution in [0.15, 0.2) is 83.5 Å². The molecule has 1 aliphatic heterocycles. The standard InChI is InChI=1S/C21H22N4O4S/c1-16-9-11-19(12-10-16)30(28,29)24-23-21(27)17-6-5-13-25(14-17)15-20(26)22-18-7-3-2-4-8-18/h2-5,7-14,24H,6,15H2,1H3,(H,22,26)(H,23,27). The number of hydrogen-bond acceptors (Lipinski definition) is 5. The number of nitrogens with zero attached hydrogens (tertiary/aromatic N) is 1. The van der Waals surface area contributed by atoms with Crippen molar-refractivity contribution in [3.05, 3.63) is 84.2 Å². The first-order chi connectivity index (χ1) is 14.3. The first kappa shape index (κ1) is 21.3. The van der Waals surface area contributed by atoms with E-state index in [9.17, 15) is 18.0 Å². The molecule has 0 spiro atoms. The SMILES string of the molecule is Cc1ccc(S(=O)(=O)NNC(=O)C2=CN(CC(=O)Nc3ccccc3)C=CC2)cc1. The molecule has 8 nitrogen and oxygen atoms in total. The molecule has 0 aromatic heterocycles. The summed E-state index contributed by atoms with van der Waals surface area (Å²) in [5, 5.41) is 2.76. The number of hydrogen-bond donors (Lipinski definition) is 3. The van der Waals surface area contributed by atoms with Crippen molar-refractivity contribution in [2.75, 3.05) is 11.9 Å². The van der Waals surface area contributed by atoms with Crippen molar-refractivity contribution in [2.45, 2.75) is 18.2 Å². The number of nitrogens with one attached hydrogen (secondary N) is 3. The Hall–Kier alpha value is -3.43. The number of rotatable bonds is 7. The van der Waals surface area contributed by atoms with E-state index in [2.05, 4.69) is 15.6 Å². The highest BCUT2D eigenvalue weighted by atomic mass is 32.2. The van der Waals surface area contributed by atoms with Crippen LogP contribution in [0.5, 0.6) is 0 Å². The van der Waals surface area contributed by atoms with E-state index in [4.69, 9.17) is 0 Å². The Kier molecular flexibility index (Phi) is 6.65. The largest absolute Gasteiger partial charge is 0.345 e. The second-order valence-corrected chi connectivity index (χ2v) is 8.38. The Labute approximate surface area is 175 Å². The molecular formula is C21H22N4O4S. The second kappa shape index (κ2) is 9.38. The summed E-state index contributed by atoms with van der Waals surface area (Å²) in [4.78, 5) is 28.3. The van der Waals surface area contributed by atoms with Crippen molar-refractivity contribution in [3.63, 3.8) is 0 Å². The number of anilines is 1. The van der Waals surface area contributed by atoms with Crippen LogP contribution < -0.4 is 15.6 Å². The maximum absolute atomic E-state index is 12.4. The van der Waals surface area contributed by atoms with Crippen LogP contribution >= 0.6 is 0 Å². The van der Waals surface area contributed by atoms with Gasteiger partial charge in [-0.15, -0.1) is 4.83 Å². The molecule has 0 unspecified atom stereocenters. The van der Waals surface area contributed by atoms with Crippen molar-refractivity contribution < 1.29 is 18.0 Å². The van der Waals surface area contributed by atoms with Gasteiger partial charge in [-0.05, 0) is 37.6 Å². The maximum Gasteiger partial charge on any atom is 0.263 e. The number of amides is 2. The van der Waals surface area contributed by atoms with Gasteiger partial charge in [0.15, 0.2) is 0 Å². The third-order valence-corrected chi connectivity index (χ3v) is 5.53. The van der Waals surface area contributed by atoms with Crippen LogP contribution in [-0.2, 0) is 19.6 Å². The third-order valence-electron chi connectivity index (χ3n) is 4.26. The average Bonchev–Trinajstić information content (AvgIpc) is 2.73. The van der Waals surface area contributed by atoms with E-state index in [-0.39, 0.29) is 17.3 Å². The van der Waals surface area contributed by atoms with Crippen LogP contribution in [0.4, 0.5) is 5.69 Å². The van der Waals surface area contributed by atoms with Gasteiger partial charge in [0.2, 0.25) is 5.91 Å². The molecule has 0 aliphatic carbocycles.